The average Bonchev–Trinajstić information content (AvgIpc) is 3.12. The summed E-state index contributed by atoms with van der Waals surface area (Å²) in [6.07, 6.45) is 4.14. The zero-order valence-corrected chi connectivity index (χ0v) is 12.2. The smallest absolute Gasteiger partial charge is 0.0239 e. The van der Waals surface area contributed by atoms with Crippen molar-refractivity contribution < 1.29 is 0 Å². The van der Waals surface area contributed by atoms with Crippen molar-refractivity contribution in [2.45, 2.75) is 31.3 Å². The van der Waals surface area contributed by atoms with Gasteiger partial charge in [0.05, 0.1) is 0 Å². The first kappa shape index (κ1) is 15.8. The number of benzene rings is 1. The molecule has 2 fully saturated rings. The van der Waals surface area contributed by atoms with Crippen LogP contribution in [-0.4, -0.2) is 30.1 Å². The topological polar surface area (TPSA) is 15.3 Å². The average molecular weight is 289 g/mol. The minimum absolute atomic E-state index is 0. The van der Waals surface area contributed by atoms with Gasteiger partial charge in [0.25, 0.3) is 0 Å². The molecule has 2 aliphatic rings. The van der Waals surface area contributed by atoms with Crippen molar-refractivity contribution >= 4 is 24.8 Å². The Labute approximate surface area is 122 Å². The van der Waals surface area contributed by atoms with Crippen LogP contribution in [0, 0.1) is 0 Å². The monoisotopic (exact) mass is 288 g/mol. The largest absolute Gasteiger partial charge is 0.315 e. The molecule has 0 radical (unpaired) electrons. The van der Waals surface area contributed by atoms with E-state index in [4.69, 9.17) is 0 Å². The first-order valence-electron chi connectivity index (χ1n) is 6.39. The van der Waals surface area contributed by atoms with Crippen LogP contribution in [0.15, 0.2) is 30.3 Å². The predicted molar refractivity (Wildman–Crippen MR) is 80.8 cm³/mol. The lowest BCUT2D eigenvalue weighted by Gasteiger charge is -2.29. The van der Waals surface area contributed by atoms with E-state index in [1.807, 2.05) is 0 Å². The van der Waals surface area contributed by atoms with E-state index in [2.05, 4.69) is 40.5 Å². The van der Waals surface area contributed by atoms with E-state index < -0.39 is 0 Å². The van der Waals surface area contributed by atoms with Gasteiger partial charge in [0.2, 0.25) is 0 Å². The van der Waals surface area contributed by atoms with Crippen LogP contribution >= 0.6 is 24.8 Å². The van der Waals surface area contributed by atoms with Crippen LogP contribution < -0.4 is 5.32 Å². The molecular formula is C14H22Cl2N2. The molecule has 0 atom stereocenters. The Kier molecular flexibility index (Phi) is 5.93. The standard InChI is InChI=1S/C14H20N2.2ClH/c1-2-4-13(5-3-1)12-16-11-10-15-9-8-14(16)6-7-14;;/h1-5,15H,6-12H2;2*1H. The molecule has 0 unspecified atom stereocenters. The summed E-state index contributed by atoms with van der Waals surface area (Å²) < 4.78 is 0. The quantitative estimate of drug-likeness (QED) is 0.900. The summed E-state index contributed by atoms with van der Waals surface area (Å²) in [5, 5.41) is 3.52. The van der Waals surface area contributed by atoms with Gasteiger partial charge in [-0.3, -0.25) is 4.90 Å². The molecule has 0 amide bonds. The highest BCUT2D eigenvalue weighted by atomic mass is 35.5. The summed E-state index contributed by atoms with van der Waals surface area (Å²) in [6.45, 7) is 4.68. The molecule has 1 heterocycles. The van der Waals surface area contributed by atoms with E-state index in [1.165, 1.54) is 37.9 Å². The van der Waals surface area contributed by atoms with Gasteiger partial charge in [-0.05, 0) is 31.4 Å². The van der Waals surface area contributed by atoms with Crippen molar-refractivity contribution in [3.05, 3.63) is 35.9 Å². The molecule has 0 bridgehead atoms. The number of nitrogens with zero attached hydrogens (tertiary/aromatic N) is 1. The molecule has 1 aromatic rings. The number of nitrogens with one attached hydrogen (secondary N) is 1. The van der Waals surface area contributed by atoms with Crippen LogP contribution in [0.2, 0.25) is 0 Å². The Balaban J connectivity index is 0.000000810. The van der Waals surface area contributed by atoms with E-state index in [1.54, 1.807) is 0 Å². The van der Waals surface area contributed by atoms with Crippen LogP contribution in [0.1, 0.15) is 24.8 Å². The molecule has 1 spiro atoms. The fourth-order valence-corrected chi connectivity index (χ4v) is 2.82. The predicted octanol–water partition coefficient (Wildman–Crippen LogP) is 2.86. The highest BCUT2D eigenvalue weighted by Gasteiger charge is 2.47. The van der Waals surface area contributed by atoms with Gasteiger partial charge >= 0.3 is 0 Å². The van der Waals surface area contributed by atoms with E-state index in [9.17, 15) is 0 Å². The second-order valence-corrected chi connectivity index (χ2v) is 5.13. The first-order valence-corrected chi connectivity index (χ1v) is 6.39. The lowest BCUT2D eigenvalue weighted by atomic mass is 10.1. The zero-order valence-electron chi connectivity index (χ0n) is 10.6. The maximum absolute atomic E-state index is 3.52. The highest BCUT2D eigenvalue weighted by molar-refractivity contribution is 5.85. The van der Waals surface area contributed by atoms with E-state index in [0.29, 0.717) is 5.54 Å². The Morgan fingerprint density at radius 2 is 1.72 bits per heavy atom. The van der Waals surface area contributed by atoms with Gasteiger partial charge in [0, 0.05) is 25.2 Å². The molecule has 3 rings (SSSR count). The Hall–Kier alpha value is -0.280. The minimum atomic E-state index is 0. The highest BCUT2D eigenvalue weighted by Crippen LogP contribution is 2.45. The van der Waals surface area contributed by atoms with E-state index in [0.717, 1.165) is 13.1 Å². The van der Waals surface area contributed by atoms with Crippen molar-refractivity contribution in [1.29, 1.82) is 0 Å². The molecule has 1 aliphatic heterocycles. The molecule has 102 valence electrons. The summed E-state index contributed by atoms with van der Waals surface area (Å²) in [5.41, 5.74) is 2.01. The molecule has 18 heavy (non-hydrogen) atoms. The van der Waals surface area contributed by atoms with Gasteiger partial charge < -0.3 is 5.32 Å². The van der Waals surface area contributed by atoms with Crippen molar-refractivity contribution in [2.75, 3.05) is 19.6 Å². The Morgan fingerprint density at radius 1 is 1.00 bits per heavy atom. The molecule has 1 aliphatic carbocycles. The van der Waals surface area contributed by atoms with Gasteiger partial charge in [0.15, 0.2) is 0 Å². The second kappa shape index (κ2) is 6.76. The third-order valence-electron chi connectivity index (χ3n) is 4.04. The fourth-order valence-electron chi connectivity index (χ4n) is 2.82. The first-order chi connectivity index (χ1) is 7.89. The maximum Gasteiger partial charge on any atom is 0.0239 e. The Morgan fingerprint density at radius 3 is 2.39 bits per heavy atom. The van der Waals surface area contributed by atoms with Crippen LogP contribution in [0.25, 0.3) is 0 Å². The van der Waals surface area contributed by atoms with Crippen molar-refractivity contribution in [3.8, 4) is 0 Å². The van der Waals surface area contributed by atoms with Gasteiger partial charge in [-0.2, -0.15) is 0 Å². The van der Waals surface area contributed by atoms with E-state index in [-0.39, 0.29) is 24.8 Å². The summed E-state index contributed by atoms with van der Waals surface area (Å²) in [6, 6.07) is 10.9. The van der Waals surface area contributed by atoms with Gasteiger partial charge in [0.1, 0.15) is 0 Å². The maximum atomic E-state index is 3.52. The number of rotatable bonds is 2. The number of hydrogen-bond donors (Lipinski definition) is 1. The van der Waals surface area contributed by atoms with Crippen LogP contribution in [-0.2, 0) is 6.54 Å². The molecule has 0 aromatic heterocycles. The molecular weight excluding hydrogens is 267 g/mol. The SMILES string of the molecule is Cl.Cl.c1ccc(CN2CCNCCC23CC3)cc1. The molecule has 4 heteroatoms. The molecule has 1 N–H and O–H groups in total. The third-order valence-corrected chi connectivity index (χ3v) is 4.04. The second-order valence-electron chi connectivity index (χ2n) is 5.13. The van der Waals surface area contributed by atoms with Gasteiger partial charge in [-0.15, -0.1) is 24.8 Å². The van der Waals surface area contributed by atoms with Crippen LogP contribution in [0.5, 0.6) is 0 Å². The molecule has 1 saturated carbocycles. The minimum Gasteiger partial charge on any atom is -0.315 e. The lowest BCUT2D eigenvalue weighted by Crippen LogP contribution is -2.37. The molecule has 1 aromatic carbocycles. The number of halogens is 2. The van der Waals surface area contributed by atoms with Gasteiger partial charge in [-0.25, -0.2) is 0 Å². The summed E-state index contributed by atoms with van der Waals surface area (Å²) in [7, 11) is 0. The van der Waals surface area contributed by atoms with Crippen LogP contribution in [0.3, 0.4) is 0 Å². The van der Waals surface area contributed by atoms with Crippen LogP contribution in [0.4, 0.5) is 0 Å². The van der Waals surface area contributed by atoms with Crippen molar-refractivity contribution in [2.24, 2.45) is 0 Å². The Bertz CT molecular complexity index is 352. The number of hydrogen-bond acceptors (Lipinski definition) is 2. The molecule has 1 saturated heterocycles. The fraction of sp³-hybridized carbons (Fsp3) is 0.571. The van der Waals surface area contributed by atoms with Gasteiger partial charge in [-0.1, -0.05) is 30.3 Å². The summed E-state index contributed by atoms with van der Waals surface area (Å²) >= 11 is 0. The summed E-state index contributed by atoms with van der Waals surface area (Å²) in [4.78, 5) is 2.70. The summed E-state index contributed by atoms with van der Waals surface area (Å²) in [5.74, 6) is 0. The van der Waals surface area contributed by atoms with Crippen molar-refractivity contribution in [1.82, 2.24) is 10.2 Å². The molecule has 2 nitrogen and oxygen atoms in total. The van der Waals surface area contributed by atoms with Crippen molar-refractivity contribution in [3.63, 3.8) is 0 Å². The normalized spacial score (nSPS) is 21.6. The third kappa shape index (κ3) is 3.39. The zero-order chi connectivity index (χ0) is 10.8. The van der Waals surface area contributed by atoms with E-state index >= 15 is 0 Å². The lowest BCUT2D eigenvalue weighted by molar-refractivity contribution is 0.177.